The van der Waals surface area contributed by atoms with Gasteiger partial charge in [-0.25, -0.2) is 4.68 Å². The van der Waals surface area contributed by atoms with Gasteiger partial charge in [0.1, 0.15) is 17.9 Å². The number of aryl methyl sites for hydroxylation is 2. The quantitative estimate of drug-likeness (QED) is 0.748. The molecule has 7 heteroatoms. The molecule has 0 unspecified atom stereocenters. The highest BCUT2D eigenvalue weighted by Gasteiger charge is 2.23. The Hall–Kier alpha value is -2.15. The maximum absolute atomic E-state index is 12.9. The Morgan fingerprint density at radius 3 is 2.81 bits per heavy atom. The number of thiophene rings is 1. The number of hydrogen-bond acceptors (Lipinski definition) is 4. The van der Waals surface area contributed by atoms with Crippen molar-refractivity contribution in [3.8, 4) is 0 Å². The number of amides is 1. The fourth-order valence-corrected chi connectivity index (χ4v) is 5.11. The SMILES string of the molecule is CCc1nn(CC(=O)N[C@H]2CCCC[C@@H]2C)c(=O)c2cc3sc(C)cc3n12. The van der Waals surface area contributed by atoms with Gasteiger partial charge in [0.05, 0.1) is 10.2 Å². The number of fused-ring (bicyclic) bond motifs is 3. The second-order valence-corrected chi connectivity index (χ2v) is 8.93. The maximum Gasteiger partial charge on any atom is 0.291 e. The lowest BCUT2D eigenvalue weighted by atomic mass is 9.86. The molecule has 27 heavy (non-hydrogen) atoms. The summed E-state index contributed by atoms with van der Waals surface area (Å²) in [5.41, 5.74) is 1.42. The van der Waals surface area contributed by atoms with E-state index in [-0.39, 0.29) is 24.1 Å². The lowest BCUT2D eigenvalue weighted by Gasteiger charge is -2.29. The molecule has 1 amide bonds. The maximum atomic E-state index is 12.9. The molecule has 1 N–H and O–H groups in total. The van der Waals surface area contributed by atoms with E-state index in [0.717, 1.165) is 35.3 Å². The molecule has 1 aliphatic rings. The molecule has 144 valence electrons. The van der Waals surface area contributed by atoms with Crippen LogP contribution in [0.4, 0.5) is 0 Å². The zero-order valence-electron chi connectivity index (χ0n) is 16.1. The summed E-state index contributed by atoms with van der Waals surface area (Å²) in [4.78, 5) is 26.7. The van der Waals surface area contributed by atoms with E-state index in [1.165, 1.54) is 16.0 Å². The molecule has 1 saturated carbocycles. The molecular formula is C20H26N4O2S. The highest BCUT2D eigenvalue weighted by molar-refractivity contribution is 7.19. The molecule has 3 aromatic rings. The zero-order chi connectivity index (χ0) is 19.1. The molecule has 0 spiro atoms. The summed E-state index contributed by atoms with van der Waals surface area (Å²) < 4.78 is 4.35. The van der Waals surface area contributed by atoms with E-state index in [9.17, 15) is 9.59 Å². The van der Waals surface area contributed by atoms with E-state index >= 15 is 0 Å². The first-order valence-corrected chi connectivity index (χ1v) is 10.6. The molecule has 0 radical (unpaired) electrons. The van der Waals surface area contributed by atoms with Gasteiger partial charge in [-0.05, 0) is 37.8 Å². The molecule has 3 aromatic heterocycles. The summed E-state index contributed by atoms with van der Waals surface area (Å²) in [6.45, 7) is 6.24. The van der Waals surface area contributed by atoms with E-state index < -0.39 is 0 Å². The van der Waals surface area contributed by atoms with Gasteiger partial charge in [0.2, 0.25) is 5.91 Å². The van der Waals surface area contributed by atoms with Gasteiger partial charge in [-0.2, -0.15) is 5.10 Å². The number of aromatic nitrogens is 3. The number of carbonyl (C=O) groups excluding carboxylic acids is 1. The predicted octanol–water partition coefficient (Wildman–Crippen LogP) is 3.28. The summed E-state index contributed by atoms with van der Waals surface area (Å²) >= 11 is 1.67. The Morgan fingerprint density at radius 2 is 2.07 bits per heavy atom. The third-order valence-electron chi connectivity index (χ3n) is 5.63. The molecule has 4 rings (SSSR count). The molecule has 0 saturated heterocycles. The topological polar surface area (TPSA) is 68.4 Å². The van der Waals surface area contributed by atoms with Crippen molar-refractivity contribution < 1.29 is 4.79 Å². The Bertz CT molecular complexity index is 1060. The molecule has 2 atom stereocenters. The van der Waals surface area contributed by atoms with E-state index in [2.05, 4.69) is 30.3 Å². The molecular weight excluding hydrogens is 360 g/mol. The Morgan fingerprint density at radius 1 is 1.30 bits per heavy atom. The largest absolute Gasteiger partial charge is 0.351 e. The van der Waals surface area contributed by atoms with Crippen LogP contribution in [0.25, 0.3) is 15.7 Å². The molecule has 0 bridgehead atoms. The molecule has 1 fully saturated rings. The van der Waals surface area contributed by atoms with Gasteiger partial charge in [0, 0.05) is 17.3 Å². The van der Waals surface area contributed by atoms with Gasteiger partial charge in [-0.15, -0.1) is 11.3 Å². The monoisotopic (exact) mass is 386 g/mol. The van der Waals surface area contributed by atoms with Crippen molar-refractivity contribution in [1.29, 1.82) is 0 Å². The van der Waals surface area contributed by atoms with Gasteiger partial charge >= 0.3 is 0 Å². The molecule has 3 heterocycles. The summed E-state index contributed by atoms with van der Waals surface area (Å²) in [5.74, 6) is 1.16. The fourth-order valence-electron chi connectivity index (χ4n) is 4.17. The van der Waals surface area contributed by atoms with Crippen LogP contribution in [-0.2, 0) is 17.8 Å². The Labute approximate surface area is 162 Å². The van der Waals surface area contributed by atoms with Crippen LogP contribution >= 0.6 is 11.3 Å². The van der Waals surface area contributed by atoms with Crippen LogP contribution in [-0.4, -0.2) is 26.1 Å². The van der Waals surface area contributed by atoms with Crippen LogP contribution in [0.1, 0.15) is 50.2 Å². The minimum Gasteiger partial charge on any atom is -0.351 e. The molecule has 1 aliphatic carbocycles. The van der Waals surface area contributed by atoms with Gasteiger partial charge in [-0.1, -0.05) is 26.7 Å². The average molecular weight is 387 g/mol. The highest BCUT2D eigenvalue weighted by atomic mass is 32.1. The van der Waals surface area contributed by atoms with Crippen molar-refractivity contribution in [3.63, 3.8) is 0 Å². The van der Waals surface area contributed by atoms with Gasteiger partial charge in [-0.3, -0.25) is 14.0 Å². The number of nitrogens with one attached hydrogen (secondary N) is 1. The lowest BCUT2D eigenvalue weighted by Crippen LogP contribution is -2.44. The number of rotatable bonds is 4. The number of nitrogens with zero attached hydrogens (tertiary/aromatic N) is 3. The van der Waals surface area contributed by atoms with Crippen LogP contribution in [0.2, 0.25) is 0 Å². The fraction of sp³-hybridized carbons (Fsp3) is 0.550. The molecule has 0 aromatic carbocycles. The van der Waals surface area contributed by atoms with Crippen molar-refractivity contribution in [3.05, 3.63) is 33.2 Å². The standard InChI is InChI=1S/C20H26N4O2S/c1-4-18-22-23(11-19(25)21-14-8-6-5-7-12(14)2)20(26)16-10-17-15(24(16)18)9-13(3)27-17/h9-10,12,14H,4-8,11H2,1-3H3,(H,21,25)/t12-,14-/m0/s1. The average Bonchev–Trinajstić information content (AvgIpc) is 3.16. The van der Waals surface area contributed by atoms with Crippen LogP contribution in [0.15, 0.2) is 16.9 Å². The van der Waals surface area contributed by atoms with Crippen LogP contribution in [0, 0.1) is 12.8 Å². The zero-order valence-corrected chi connectivity index (χ0v) is 16.9. The normalized spacial score (nSPS) is 20.4. The number of hydrogen-bond donors (Lipinski definition) is 1. The lowest BCUT2D eigenvalue weighted by molar-refractivity contribution is -0.123. The van der Waals surface area contributed by atoms with Crippen LogP contribution < -0.4 is 10.9 Å². The molecule has 0 aliphatic heterocycles. The first-order chi connectivity index (χ1) is 13.0. The Balaban J connectivity index is 1.66. The van der Waals surface area contributed by atoms with E-state index in [4.69, 9.17) is 0 Å². The van der Waals surface area contributed by atoms with Gasteiger partial charge in [0.25, 0.3) is 5.56 Å². The highest BCUT2D eigenvalue weighted by Crippen LogP contribution is 2.28. The Kier molecular flexibility index (Phi) is 4.80. The van der Waals surface area contributed by atoms with Crippen molar-refractivity contribution in [1.82, 2.24) is 19.5 Å². The van der Waals surface area contributed by atoms with Crippen LogP contribution in [0.3, 0.4) is 0 Å². The predicted molar refractivity (Wildman–Crippen MR) is 109 cm³/mol. The van der Waals surface area contributed by atoms with Gasteiger partial charge in [0.15, 0.2) is 0 Å². The second-order valence-electron chi connectivity index (χ2n) is 7.64. The molecule has 6 nitrogen and oxygen atoms in total. The first-order valence-electron chi connectivity index (χ1n) is 9.79. The van der Waals surface area contributed by atoms with Crippen molar-refractivity contribution in [2.24, 2.45) is 5.92 Å². The third kappa shape index (κ3) is 3.29. The van der Waals surface area contributed by atoms with E-state index in [1.54, 1.807) is 11.3 Å². The first kappa shape index (κ1) is 18.2. The van der Waals surface area contributed by atoms with Crippen molar-refractivity contribution in [2.75, 3.05) is 0 Å². The third-order valence-corrected chi connectivity index (χ3v) is 6.61. The van der Waals surface area contributed by atoms with Gasteiger partial charge < -0.3 is 5.32 Å². The number of carbonyl (C=O) groups is 1. The van der Waals surface area contributed by atoms with Crippen molar-refractivity contribution >= 4 is 33.0 Å². The van der Waals surface area contributed by atoms with Crippen molar-refractivity contribution in [2.45, 2.75) is 65.5 Å². The minimum absolute atomic E-state index is 0.0244. The smallest absolute Gasteiger partial charge is 0.291 e. The summed E-state index contributed by atoms with van der Waals surface area (Å²) in [6.07, 6.45) is 5.24. The minimum atomic E-state index is -0.208. The summed E-state index contributed by atoms with van der Waals surface area (Å²) in [6, 6.07) is 4.22. The van der Waals surface area contributed by atoms with E-state index in [1.807, 2.05) is 17.4 Å². The summed E-state index contributed by atoms with van der Waals surface area (Å²) in [7, 11) is 0. The summed E-state index contributed by atoms with van der Waals surface area (Å²) in [5, 5.41) is 7.63. The van der Waals surface area contributed by atoms with E-state index in [0.29, 0.717) is 17.9 Å². The van der Waals surface area contributed by atoms with Crippen LogP contribution in [0.5, 0.6) is 0 Å². The second kappa shape index (κ2) is 7.11.